The molecule has 0 radical (unpaired) electrons. The van der Waals surface area contributed by atoms with Crippen molar-refractivity contribution in [3.8, 4) is 0 Å². The molecule has 0 nitrogen and oxygen atoms in total. The molecule has 146 valence electrons. The normalized spacial score (nSPS) is 49.5. The lowest BCUT2D eigenvalue weighted by Gasteiger charge is -2.69. The largest absolute Gasteiger partial charge is 0.304 e. The van der Waals surface area contributed by atoms with E-state index in [4.69, 9.17) is 0 Å². The van der Waals surface area contributed by atoms with Crippen molar-refractivity contribution in [1.82, 2.24) is 0 Å². The molecule has 0 aromatic rings. The van der Waals surface area contributed by atoms with Gasteiger partial charge in [-0.2, -0.15) is 0 Å². The van der Waals surface area contributed by atoms with Gasteiger partial charge in [0.25, 0.3) is 11.8 Å². The Balaban J connectivity index is 3.10. The van der Waals surface area contributed by atoms with Crippen LogP contribution in [0.1, 0.15) is 27.2 Å². The first-order valence-electron chi connectivity index (χ1n) is 7.23. The third kappa shape index (κ3) is 1.48. The molecule has 2 saturated carbocycles. The topological polar surface area (TPSA) is 0 Å². The van der Waals surface area contributed by atoms with Gasteiger partial charge in [0.2, 0.25) is 5.67 Å². The molecule has 4 unspecified atom stereocenters. The number of hydrogen-bond acceptors (Lipinski definition) is 0. The van der Waals surface area contributed by atoms with Crippen molar-refractivity contribution in [2.24, 2.45) is 16.2 Å². The number of rotatable bonds is 2. The van der Waals surface area contributed by atoms with E-state index >= 15 is 0 Å². The van der Waals surface area contributed by atoms with E-state index in [1.54, 1.807) is 0 Å². The molecule has 0 aromatic heterocycles. The first kappa shape index (κ1) is 20.4. The third-order valence-electron chi connectivity index (χ3n) is 6.25. The highest BCUT2D eigenvalue weighted by atomic mass is 19.3. The lowest BCUT2D eigenvalue weighted by Crippen LogP contribution is -2.88. The number of alkyl halides is 10. The van der Waals surface area contributed by atoms with Gasteiger partial charge in [0.05, 0.1) is 5.41 Å². The van der Waals surface area contributed by atoms with Gasteiger partial charge < -0.3 is 0 Å². The van der Waals surface area contributed by atoms with Gasteiger partial charge in [-0.1, -0.05) is 13.0 Å². The Morgan fingerprint density at radius 3 is 1.56 bits per heavy atom. The Hall–Kier alpha value is -0.960. The van der Waals surface area contributed by atoms with E-state index in [-0.39, 0.29) is 13.0 Å². The smallest absolute Gasteiger partial charge is 0.250 e. The zero-order valence-electron chi connectivity index (χ0n) is 13.5. The van der Waals surface area contributed by atoms with Crippen molar-refractivity contribution in [1.29, 1.82) is 0 Å². The van der Waals surface area contributed by atoms with Crippen LogP contribution in [0, 0.1) is 16.2 Å². The molecule has 2 fully saturated rings. The lowest BCUT2D eigenvalue weighted by atomic mass is 9.40. The van der Waals surface area contributed by atoms with Crippen molar-refractivity contribution in [2.45, 2.75) is 56.6 Å². The Bertz CT molecular complexity index is 609. The Morgan fingerprint density at radius 1 is 0.760 bits per heavy atom. The zero-order valence-corrected chi connectivity index (χ0v) is 13.5. The fraction of sp³-hybridized carbons (Fsp3) is 0.867. The highest BCUT2D eigenvalue weighted by molar-refractivity contribution is 5.37. The van der Waals surface area contributed by atoms with Crippen LogP contribution in [0.4, 0.5) is 43.9 Å². The minimum atomic E-state index is -5.89. The van der Waals surface area contributed by atoms with Crippen LogP contribution in [0.25, 0.3) is 0 Å². The van der Waals surface area contributed by atoms with E-state index in [0.717, 1.165) is 0 Å². The second kappa shape index (κ2) is 4.47. The van der Waals surface area contributed by atoms with E-state index in [2.05, 4.69) is 6.58 Å². The van der Waals surface area contributed by atoms with Crippen molar-refractivity contribution in [3.63, 3.8) is 0 Å². The molecule has 2 aliphatic carbocycles. The molecule has 0 heterocycles. The SMILES string of the molecule is C=CC12CC(C)(CF)C(F)(F)C(C)(C(F)(F)C(C)(F)C1(F)F)C2(F)F. The van der Waals surface area contributed by atoms with Crippen LogP contribution >= 0.6 is 0 Å². The van der Waals surface area contributed by atoms with Crippen LogP contribution in [0.15, 0.2) is 12.7 Å². The van der Waals surface area contributed by atoms with E-state index in [0.29, 0.717) is 6.92 Å². The summed E-state index contributed by atoms with van der Waals surface area (Å²) < 4.78 is 145. The molecular formula is C15H16F10. The minimum absolute atomic E-state index is 0.193. The quantitative estimate of drug-likeness (QED) is 0.414. The van der Waals surface area contributed by atoms with Crippen LogP contribution in [-0.2, 0) is 0 Å². The first-order chi connectivity index (χ1) is 10.8. The van der Waals surface area contributed by atoms with Crippen molar-refractivity contribution in [2.75, 3.05) is 6.67 Å². The summed E-state index contributed by atoms with van der Waals surface area (Å²) in [5.41, 5.74) is -17.4. The lowest BCUT2D eigenvalue weighted by molar-refractivity contribution is -0.490. The average molecular weight is 386 g/mol. The summed E-state index contributed by atoms with van der Waals surface area (Å²) in [6, 6.07) is 0. The third-order valence-corrected chi connectivity index (χ3v) is 6.25. The number of halogens is 10. The van der Waals surface area contributed by atoms with Crippen molar-refractivity contribution >= 4 is 0 Å². The standard InChI is InChI=1S/C15H16F10/c1-5-11-6-8(2,7-16)12(18,19)9(3,14(11,22)23)13(20,21)10(4,17)15(11,24)25/h5H,1,6-7H2,2-4H3. The summed E-state index contributed by atoms with van der Waals surface area (Å²) in [6.07, 6.45) is -2.15. The fourth-order valence-corrected chi connectivity index (χ4v) is 4.33. The molecule has 0 amide bonds. The predicted octanol–water partition coefficient (Wildman–Crippen LogP) is 5.83. The van der Waals surface area contributed by atoms with Gasteiger partial charge >= 0.3 is 11.8 Å². The van der Waals surface area contributed by atoms with E-state index in [1.807, 2.05) is 0 Å². The maximum Gasteiger partial charge on any atom is 0.304 e. The minimum Gasteiger partial charge on any atom is -0.250 e. The Labute approximate surface area is 137 Å². The number of fused-ring (bicyclic) bond motifs is 2. The Morgan fingerprint density at radius 2 is 1.20 bits per heavy atom. The molecule has 2 bridgehead atoms. The molecule has 0 aliphatic heterocycles. The van der Waals surface area contributed by atoms with Crippen LogP contribution < -0.4 is 0 Å². The van der Waals surface area contributed by atoms with Crippen LogP contribution in [0.2, 0.25) is 0 Å². The highest BCUT2D eigenvalue weighted by Gasteiger charge is 3.00. The summed E-state index contributed by atoms with van der Waals surface area (Å²) in [7, 11) is 0. The summed E-state index contributed by atoms with van der Waals surface area (Å²) >= 11 is 0. The predicted molar refractivity (Wildman–Crippen MR) is 68.7 cm³/mol. The van der Waals surface area contributed by atoms with Crippen LogP contribution in [0.3, 0.4) is 0 Å². The second-order valence-electron chi connectivity index (χ2n) is 7.47. The molecule has 0 saturated heterocycles. The number of hydrogen-bond donors (Lipinski definition) is 0. The van der Waals surface area contributed by atoms with Gasteiger partial charge in [-0.25, -0.2) is 39.5 Å². The van der Waals surface area contributed by atoms with Gasteiger partial charge in [-0.3, -0.25) is 4.39 Å². The molecule has 0 N–H and O–H groups in total. The number of allylic oxidation sites excluding steroid dienone is 1. The molecule has 2 rings (SSSR count). The fourth-order valence-electron chi connectivity index (χ4n) is 4.33. The summed E-state index contributed by atoms with van der Waals surface area (Å²) in [5, 5.41) is 0. The molecule has 0 spiro atoms. The van der Waals surface area contributed by atoms with E-state index < -0.39 is 65.6 Å². The average Bonchev–Trinajstić information content (AvgIpc) is 2.47. The maximum atomic E-state index is 14.9. The molecule has 0 aromatic carbocycles. The molecular weight excluding hydrogens is 370 g/mol. The Kier molecular flexibility index (Phi) is 3.64. The molecule has 10 heteroatoms. The van der Waals surface area contributed by atoms with Gasteiger partial charge in [-0.05, 0) is 20.3 Å². The van der Waals surface area contributed by atoms with Gasteiger partial charge in [0, 0.05) is 0 Å². The summed E-state index contributed by atoms with van der Waals surface area (Å²) in [5.74, 6) is -22.1. The molecule has 25 heavy (non-hydrogen) atoms. The summed E-state index contributed by atoms with van der Waals surface area (Å²) in [6.45, 7) is 0.143. The zero-order chi connectivity index (χ0) is 20.1. The molecule has 4 atom stereocenters. The van der Waals surface area contributed by atoms with E-state index in [1.165, 1.54) is 0 Å². The van der Waals surface area contributed by atoms with Gasteiger partial charge in [-0.15, -0.1) is 6.58 Å². The first-order valence-corrected chi connectivity index (χ1v) is 7.23. The van der Waals surface area contributed by atoms with Gasteiger partial charge in [0.1, 0.15) is 12.1 Å². The highest BCUT2D eigenvalue weighted by Crippen LogP contribution is 2.82. The van der Waals surface area contributed by atoms with Crippen molar-refractivity contribution in [3.05, 3.63) is 12.7 Å². The van der Waals surface area contributed by atoms with Crippen molar-refractivity contribution < 1.29 is 43.9 Å². The summed E-state index contributed by atoms with van der Waals surface area (Å²) in [4.78, 5) is 0. The van der Waals surface area contributed by atoms with Crippen LogP contribution in [0.5, 0.6) is 0 Å². The monoisotopic (exact) mass is 386 g/mol. The molecule has 2 aliphatic rings. The maximum absolute atomic E-state index is 14.9. The second-order valence-corrected chi connectivity index (χ2v) is 7.47. The van der Waals surface area contributed by atoms with Crippen LogP contribution in [-0.4, -0.2) is 36.0 Å². The van der Waals surface area contributed by atoms with Gasteiger partial charge in [0.15, 0.2) is 5.41 Å². The van der Waals surface area contributed by atoms with E-state index in [9.17, 15) is 43.9 Å².